The summed E-state index contributed by atoms with van der Waals surface area (Å²) >= 11 is 0. The highest BCUT2D eigenvalue weighted by atomic mass is 16.5. The largest absolute Gasteiger partial charge is 0.392 e. The van der Waals surface area contributed by atoms with E-state index in [0.717, 1.165) is 42.7 Å². The molecular formula is C17H26N2O3. The molecule has 5 heteroatoms. The summed E-state index contributed by atoms with van der Waals surface area (Å²) in [5.74, 6) is 1.50. The molecule has 2 bridgehead atoms. The number of aliphatic hydroxyl groups excluding tert-OH is 1. The first-order valence-corrected chi connectivity index (χ1v) is 8.56. The van der Waals surface area contributed by atoms with Crippen molar-refractivity contribution in [1.29, 1.82) is 0 Å². The molecule has 1 saturated heterocycles. The normalized spacial score (nSPS) is 28.0. The first-order chi connectivity index (χ1) is 10.6. The molecule has 122 valence electrons. The smallest absolute Gasteiger partial charge is 0.227 e. The molecule has 2 fully saturated rings. The maximum atomic E-state index is 12.7. The summed E-state index contributed by atoms with van der Waals surface area (Å²) in [5.41, 5.74) is 1.88. The number of rotatable bonds is 4. The molecule has 0 aromatic carbocycles. The molecule has 2 atom stereocenters. The lowest BCUT2D eigenvalue weighted by molar-refractivity contribution is -0.139. The number of hydrogen-bond donors (Lipinski definition) is 1. The zero-order valence-electron chi connectivity index (χ0n) is 13.5. The number of aliphatic hydroxyl groups is 1. The molecule has 1 aromatic heterocycles. The van der Waals surface area contributed by atoms with E-state index in [9.17, 15) is 9.90 Å². The van der Waals surface area contributed by atoms with Gasteiger partial charge in [-0.3, -0.25) is 4.79 Å². The molecule has 0 spiro atoms. The van der Waals surface area contributed by atoms with Crippen LogP contribution in [-0.4, -0.2) is 40.3 Å². The fourth-order valence-corrected chi connectivity index (χ4v) is 4.01. The van der Waals surface area contributed by atoms with Crippen molar-refractivity contribution >= 4 is 5.91 Å². The predicted octanol–water partition coefficient (Wildman–Crippen LogP) is 1.96. The van der Waals surface area contributed by atoms with Crippen molar-refractivity contribution in [3.63, 3.8) is 0 Å². The highest BCUT2D eigenvalue weighted by Gasteiger charge is 2.39. The molecular weight excluding hydrogens is 280 g/mol. The van der Waals surface area contributed by atoms with Gasteiger partial charge < -0.3 is 14.5 Å². The number of hydrogen-bond acceptors (Lipinski definition) is 4. The van der Waals surface area contributed by atoms with E-state index < -0.39 is 0 Å². The highest BCUT2D eigenvalue weighted by molar-refractivity contribution is 5.79. The Hall–Kier alpha value is -1.36. The van der Waals surface area contributed by atoms with Crippen LogP contribution in [-0.2, 0) is 24.1 Å². The van der Waals surface area contributed by atoms with E-state index in [1.54, 1.807) is 0 Å². The number of likely N-dealkylation sites (tertiary alicyclic amines) is 1. The van der Waals surface area contributed by atoms with E-state index in [-0.39, 0.29) is 23.8 Å². The summed E-state index contributed by atoms with van der Waals surface area (Å²) in [6.07, 6.45) is 4.97. The van der Waals surface area contributed by atoms with Gasteiger partial charge in [-0.1, -0.05) is 25.4 Å². The fourth-order valence-electron chi connectivity index (χ4n) is 4.01. The van der Waals surface area contributed by atoms with E-state index >= 15 is 0 Å². The van der Waals surface area contributed by atoms with Gasteiger partial charge in [0, 0.05) is 36.9 Å². The molecule has 1 aliphatic carbocycles. The quantitative estimate of drug-likeness (QED) is 0.923. The van der Waals surface area contributed by atoms with Gasteiger partial charge in [-0.25, -0.2) is 0 Å². The van der Waals surface area contributed by atoms with Gasteiger partial charge in [0.2, 0.25) is 5.91 Å². The molecule has 0 radical (unpaired) electrons. The summed E-state index contributed by atoms with van der Waals surface area (Å²) in [7, 11) is 0. The number of nitrogens with zero attached hydrogens (tertiary/aromatic N) is 2. The lowest BCUT2D eigenvalue weighted by Gasteiger charge is -2.45. The van der Waals surface area contributed by atoms with Crippen molar-refractivity contribution < 1.29 is 14.4 Å². The minimum Gasteiger partial charge on any atom is -0.392 e. The van der Waals surface area contributed by atoms with Gasteiger partial charge in [-0.15, -0.1) is 0 Å². The Morgan fingerprint density at radius 2 is 1.95 bits per heavy atom. The zero-order valence-corrected chi connectivity index (χ0v) is 13.5. The van der Waals surface area contributed by atoms with Gasteiger partial charge in [0.15, 0.2) is 0 Å². The predicted molar refractivity (Wildman–Crippen MR) is 82.4 cm³/mol. The van der Waals surface area contributed by atoms with Crippen LogP contribution in [0.3, 0.4) is 0 Å². The number of aromatic nitrogens is 1. The Kier molecular flexibility index (Phi) is 4.52. The molecule has 2 heterocycles. The van der Waals surface area contributed by atoms with Crippen molar-refractivity contribution in [3.05, 3.63) is 17.0 Å². The average molecular weight is 306 g/mol. The third kappa shape index (κ3) is 2.78. The molecule has 2 aliphatic rings. The fraction of sp³-hybridized carbons (Fsp3) is 0.765. The van der Waals surface area contributed by atoms with E-state index in [1.165, 1.54) is 6.42 Å². The van der Waals surface area contributed by atoms with Gasteiger partial charge >= 0.3 is 0 Å². The van der Waals surface area contributed by atoms with E-state index in [0.29, 0.717) is 19.5 Å². The minimum absolute atomic E-state index is 0.149. The van der Waals surface area contributed by atoms with Crippen LogP contribution in [0.15, 0.2) is 4.52 Å². The van der Waals surface area contributed by atoms with Crippen molar-refractivity contribution in [2.45, 2.75) is 58.5 Å². The Morgan fingerprint density at radius 3 is 2.55 bits per heavy atom. The minimum atomic E-state index is -0.217. The summed E-state index contributed by atoms with van der Waals surface area (Å²) in [6.45, 7) is 5.46. The highest BCUT2D eigenvalue weighted by Crippen LogP contribution is 2.35. The standard InChI is InChI=1S/C17H26N2O3/c1-3-14-13(15(4-2)22-18-14)8-16(20)19-9-11-6-5-7-12(10-19)17(11)21/h11-12,17,21H,3-10H2,1-2H3. The first-order valence-electron chi connectivity index (χ1n) is 8.56. The monoisotopic (exact) mass is 306 g/mol. The molecule has 1 aliphatic heterocycles. The van der Waals surface area contributed by atoms with Crippen LogP contribution in [0.4, 0.5) is 0 Å². The number of aryl methyl sites for hydroxylation is 2. The van der Waals surface area contributed by atoms with Gasteiger partial charge in [-0.2, -0.15) is 0 Å². The first kappa shape index (κ1) is 15.5. The molecule has 1 N–H and O–H groups in total. The summed E-state index contributed by atoms with van der Waals surface area (Å²) in [4.78, 5) is 14.7. The van der Waals surface area contributed by atoms with Gasteiger partial charge in [0.25, 0.3) is 0 Å². The summed E-state index contributed by atoms with van der Waals surface area (Å²) < 4.78 is 5.35. The number of carbonyl (C=O) groups is 1. The lowest BCUT2D eigenvalue weighted by atomic mass is 9.75. The third-order valence-corrected chi connectivity index (χ3v) is 5.31. The average Bonchev–Trinajstić information content (AvgIpc) is 2.88. The van der Waals surface area contributed by atoms with Crippen LogP contribution < -0.4 is 0 Å². The summed E-state index contributed by atoms with van der Waals surface area (Å²) in [5, 5.41) is 14.3. The zero-order chi connectivity index (χ0) is 15.7. The number of amides is 1. The SMILES string of the molecule is CCc1noc(CC)c1CC(=O)N1CC2CCCC(C1)C2O. The van der Waals surface area contributed by atoms with Gasteiger partial charge in [-0.05, 0) is 19.3 Å². The molecule has 1 amide bonds. The van der Waals surface area contributed by atoms with E-state index in [2.05, 4.69) is 5.16 Å². The Balaban J connectivity index is 1.71. The molecule has 1 aromatic rings. The maximum Gasteiger partial charge on any atom is 0.227 e. The number of fused-ring (bicyclic) bond motifs is 2. The van der Waals surface area contributed by atoms with Crippen molar-refractivity contribution in [3.8, 4) is 0 Å². The van der Waals surface area contributed by atoms with Crippen LogP contribution in [0.5, 0.6) is 0 Å². The lowest BCUT2D eigenvalue weighted by Crippen LogP contribution is -2.53. The van der Waals surface area contributed by atoms with Crippen LogP contribution in [0.2, 0.25) is 0 Å². The maximum absolute atomic E-state index is 12.7. The van der Waals surface area contributed by atoms with Crippen molar-refractivity contribution in [1.82, 2.24) is 10.1 Å². The van der Waals surface area contributed by atoms with Gasteiger partial charge in [0.05, 0.1) is 18.2 Å². The molecule has 3 rings (SSSR count). The van der Waals surface area contributed by atoms with Crippen LogP contribution in [0.25, 0.3) is 0 Å². The second kappa shape index (κ2) is 6.41. The topological polar surface area (TPSA) is 66.6 Å². The van der Waals surface area contributed by atoms with Crippen molar-refractivity contribution in [2.75, 3.05) is 13.1 Å². The molecule has 1 saturated carbocycles. The Labute approximate surface area is 131 Å². The Bertz CT molecular complexity index is 505. The van der Waals surface area contributed by atoms with E-state index in [4.69, 9.17) is 4.52 Å². The number of carbonyl (C=O) groups excluding carboxylic acids is 1. The number of piperidine rings is 1. The van der Waals surface area contributed by atoms with Gasteiger partial charge in [0.1, 0.15) is 5.76 Å². The van der Waals surface area contributed by atoms with Crippen LogP contribution in [0, 0.1) is 11.8 Å². The second-order valence-corrected chi connectivity index (χ2v) is 6.66. The molecule has 22 heavy (non-hydrogen) atoms. The van der Waals surface area contributed by atoms with Crippen LogP contribution in [0.1, 0.15) is 50.1 Å². The summed E-state index contributed by atoms with van der Waals surface area (Å²) in [6, 6.07) is 0. The van der Waals surface area contributed by atoms with Crippen LogP contribution >= 0.6 is 0 Å². The second-order valence-electron chi connectivity index (χ2n) is 6.66. The Morgan fingerprint density at radius 1 is 1.27 bits per heavy atom. The van der Waals surface area contributed by atoms with Crippen molar-refractivity contribution in [2.24, 2.45) is 11.8 Å². The molecule has 5 nitrogen and oxygen atoms in total. The third-order valence-electron chi connectivity index (χ3n) is 5.31. The van der Waals surface area contributed by atoms with E-state index in [1.807, 2.05) is 18.7 Å². The molecule has 2 unspecified atom stereocenters.